The van der Waals surface area contributed by atoms with Gasteiger partial charge in [0.1, 0.15) is 5.78 Å². The number of hydrogen-bond acceptors (Lipinski definition) is 4. The normalized spacial score (nSPS) is 15.8. The number of benzene rings is 3. The lowest BCUT2D eigenvalue weighted by Gasteiger charge is -2.17. The van der Waals surface area contributed by atoms with E-state index in [1.54, 1.807) is 0 Å². The van der Waals surface area contributed by atoms with Gasteiger partial charge in [-0.3, -0.25) is 4.79 Å². The Kier molecular flexibility index (Phi) is 4.59. The van der Waals surface area contributed by atoms with Crippen LogP contribution in [0.4, 0.5) is 0 Å². The Morgan fingerprint density at radius 1 is 1.00 bits per heavy atom. The number of carbonyl (C=O) groups is 1. The highest BCUT2D eigenvalue weighted by Gasteiger charge is 2.50. The molecule has 1 fully saturated rings. The molecule has 0 amide bonds. The number of rotatable bonds is 6. The maximum Gasteiger partial charge on any atom is 0.231 e. The third-order valence-corrected chi connectivity index (χ3v) is 6.51. The summed E-state index contributed by atoms with van der Waals surface area (Å²) in [5.74, 6) is 1.77. The lowest BCUT2D eigenvalue weighted by atomic mass is 9.85. The average Bonchev–Trinajstić information content (AvgIpc) is 3.46. The molecule has 3 aromatic rings. The fourth-order valence-electron chi connectivity index (χ4n) is 4.40. The molecule has 1 heterocycles. The predicted molar refractivity (Wildman–Crippen MR) is 117 cm³/mol. The van der Waals surface area contributed by atoms with E-state index in [2.05, 4.69) is 43.3 Å². The minimum absolute atomic E-state index is 0.248. The Bertz CT molecular complexity index is 1110. The van der Waals surface area contributed by atoms with Crippen LogP contribution >= 0.6 is 0 Å². The van der Waals surface area contributed by atoms with Crippen molar-refractivity contribution in [2.75, 3.05) is 6.79 Å². The van der Waals surface area contributed by atoms with Crippen molar-refractivity contribution in [2.24, 2.45) is 5.73 Å². The van der Waals surface area contributed by atoms with Crippen LogP contribution in [0.15, 0.2) is 60.7 Å². The molecular formula is C26H25NO3. The quantitative estimate of drug-likeness (QED) is 0.653. The minimum atomic E-state index is -0.383. The van der Waals surface area contributed by atoms with E-state index in [9.17, 15) is 4.79 Å². The van der Waals surface area contributed by atoms with E-state index in [4.69, 9.17) is 15.2 Å². The van der Waals surface area contributed by atoms with E-state index in [1.807, 2.05) is 24.3 Å². The minimum Gasteiger partial charge on any atom is -0.454 e. The molecule has 0 spiro atoms. The summed E-state index contributed by atoms with van der Waals surface area (Å²) < 4.78 is 10.9. The van der Waals surface area contributed by atoms with Crippen molar-refractivity contribution >= 4 is 5.78 Å². The van der Waals surface area contributed by atoms with Crippen molar-refractivity contribution in [1.29, 1.82) is 0 Å². The van der Waals surface area contributed by atoms with Gasteiger partial charge in [0.2, 0.25) is 6.79 Å². The highest BCUT2D eigenvalue weighted by Crippen LogP contribution is 2.51. The van der Waals surface area contributed by atoms with Gasteiger partial charge in [-0.1, -0.05) is 48.5 Å². The van der Waals surface area contributed by atoms with Crippen molar-refractivity contribution in [3.63, 3.8) is 0 Å². The summed E-state index contributed by atoms with van der Waals surface area (Å²) in [6.07, 6.45) is 2.23. The zero-order valence-electron chi connectivity index (χ0n) is 17.1. The molecule has 5 rings (SSSR count). The first-order valence-corrected chi connectivity index (χ1v) is 10.4. The Morgan fingerprint density at radius 2 is 1.77 bits per heavy atom. The summed E-state index contributed by atoms with van der Waals surface area (Å²) in [4.78, 5) is 13.4. The smallest absolute Gasteiger partial charge is 0.231 e. The Balaban J connectivity index is 1.41. The number of ether oxygens (including phenoxy) is 2. The van der Waals surface area contributed by atoms with Crippen molar-refractivity contribution in [3.05, 3.63) is 82.9 Å². The maximum absolute atomic E-state index is 13.4. The van der Waals surface area contributed by atoms with Crippen LogP contribution in [-0.2, 0) is 23.2 Å². The van der Waals surface area contributed by atoms with E-state index >= 15 is 0 Å². The van der Waals surface area contributed by atoms with Crippen molar-refractivity contribution in [3.8, 4) is 22.6 Å². The second kappa shape index (κ2) is 7.29. The monoisotopic (exact) mass is 399 g/mol. The maximum atomic E-state index is 13.4. The Hall–Kier alpha value is -3.11. The summed E-state index contributed by atoms with van der Waals surface area (Å²) in [5, 5.41) is 0. The van der Waals surface area contributed by atoms with Gasteiger partial charge in [0, 0.05) is 13.0 Å². The number of ketones is 1. The second-order valence-electron chi connectivity index (χ2n) is 8.24. The van der Waals surface area contributed by atoms with Crippen molar-refractivity contribution in [1.82, 2.24) is 0 Å². The molecule has 4 nitrogen and oxygen atoms in total. The number of hydrogen-bond donors (Lipinski definition) is 1. The van der Waals surface area contributed by atoms with Gasteiger partial charge in [0.15, 0.2) is 11.5 Å². The van der Waals surface area contributed by atoms with Gasteiger partial charge in [-0.2, -0.15) is 0 Å². The standard InChI is InChI=1S/C26H25NO3/c1-17-20(3-2-4-22(17)19-7-5-18(15-27)6-8-19)13-25(28)26(11-12-26)21-9-10-23-24(14-21)30-16-29-23/h2-10,14H,11-13,15-16,27H2,1H3. The van der Waals surface area contributed by atoms with E-state index in [0.29, 0.717) is 13.0 Å². The van der Waals surface area contributed by atoms with Crippen LogP contribution in [0, 0.1) is 6.92 Å². The fourth-order valence-corrected chi connectivity index (χ4v) is 4.40. The van der Waals surface area contributed by atoms with Gasteiger partial charge in [-0.25, -0.2) is 0 Å². The molecule has 0 atom stereocenters. The van der Waals surface area contributed by atoms with Gasteiger partial charge in [-0.15, -0.1) is 0 Å². The van der Waals surface area contributed by atoms with Gasteiger partial charge in [0.25, 0.3) is 0 Å². The number of fused-ring (bicyclic) bond motifs is 1. The van der Waals surface area contributed by atoms with Crippen LogP contribution in [0.25, 0.3) is 11.1 Å². The van der Waals surface area contributed by atoms with E-state index in [1.165, 1.54) is 0 Å². The molecule has 2 N–H and O–H groups in total. The summed E-state index contributed by atoms with van der Waals surface area (Å²) in [7, 11) is 0. The number of nitrogens with two attached hydrogens (primary N) is 1. The first-order valence-electron chi connectivity index (χ1n) is 10.4. The van der Waals surface area contributed by atoms with Gasteiger partial charge >= 0.3 is 0 Å². The molecule has 4 heteroatoms. The molecule has 0 bridgehead atoms. The SMILES string of the molecule is Cc1c(CC(=O)C2(c3ccc4c(c3)OCO4)CC2)cccc1-c1ccc(CN)cc1. The first-order chi connectivity index (χ1) is 14.6. The predicted octanol–water partition coefficient (Wildman–Crippen LogP) is 4.69. The molecule has 0 saturated heterocycles. The van der Waals surface area contributed by atoms with Crippen LogP contribution < -0.4 is 15.2 Å². The van der Waals surface area contributed by atoms with Crippen LogP contribution in [0.5, 0.6) is 11.5 Å². The Labute approximate surface area is 176 Å². The fraction of sp³-hybridized carbons (Fsp3) is 0.269. The van der Waals surface area contributed by atoms with Crippen LogP contribution in [0.2, 0.25) is 0 Å². The molecule has 1 aliphatic heterocycles. The molecule has 0 unspecified atom stereocenters. The molecule has 2 aliphatic rings. The summed E-state index contributed by atoms with van der Waals surface area (Å²) in [5.41, 5.74) is 12.1. The molecule has 0 radical (unpaired) electrons. The molecule has 3 aromatic carbocycles. The molecular weight excluding hydrogens is 374 g/mol. The average molecular weight is 399 g/mol. The van der Waals surface area contributed by atoms with Gasteiger partial charge in [-0.05, 0) is 65.3 Å². The van der Waals surface area contributed by atoms with Gasteiger partial charge in [0.05, 0.1) is 5.41 Å². The van der Waals surface area contributed by atoms with Crippen molar-refractivity contribution < 1.29 is 14.3 Å². The summed E-state index contributed by atoms with van der Waals surface area (Å²) >= 11 is 0. The number of Topliss-reactive ketones (excluding diaryl/α,β-unsaturated/α-hetero) is 1. The highest BCUT2D eigenvalue weighted by molar-refractivity contribution is 5.95. The molecule has 152 valence electrons. The third kappa shape index (κ3) is 3.17. The lowest BCUT2D eigenvalue weighted by molar-refractivity contribution is -0.120. The van der Waals surface area contributed by atoms with Crippen LogP contribution in [0.3, 0.4) is 0 Å². The Morgan fingerprint density at radius 3 is 2.50 bits per heavy atom. The van der Waals surface area contributed by atoms with E-state index in [0.717, 1.165) is 57.7 Å². The lowest BCUT2D eigenvalue weighted by Crippen LogP contribution is -2.23. The third-order valence-electron chi connectivity index (χ3n) is 6.51. The van der Waals surface area contributed by atoms with Crippen LogP contribution in [-0.4, -0.2) is 12.6 Å². The first kappa shape index (κ1) is 18.9. The van der Waals surface area contributed by atoms with Crippen molar-refractivity contribution in [2.45, 2.75) is 38.1 Å². The highest BCUT2D eigenvalue weighted by atomic mass is 16.7. The topological polar surface area (TPSA) is 61.5 Å². The number of carbonyl (C=O) groups excluding carboxylic acids is 1. The van der Waals surface area contributed by atoms with E-state index < -0.39 is 0 Å². The van der Waals surface area contributed by atoms with E-state index in [-0.39, 0.29) is 18.0 Å². The zero-order valence-corrected chi connectivity index (χ0v) is 17.1. The summed E-state index contributed by atoms with van der Waals surface area (Å²) in [6, 6.07) is 20.5. The zero-order chi connectivity index (χ0) is 20.7. The van der Waals surface area contributed by atoms with Gasteiger partial charge < -0.3 is 15.2 Å². The molecule has 0 aromatic heterocycles. The molecule has 30 heavy (non-hydrogen) atoms. The summed E-state index contributed by atoms with van der Waals surface area (Å²) in [6.45, 7) is 2.89. The largest absolute Gasteiger partial charge is 0.454 e. The second-order valence-corrected chi connectivity index (χ2v) is 8.24. The molecule has 1 aliphatic carbocycles. The molecule has 1 saturated carbocycles. The van der Waals surface area contributed by atoms with Crippen LogP contribution in [0.1, 0.15) is 35.1 Å².